The molecule has 156 valence electrons. The Hall–Kier alpha value is -2.45. The topological polar surface area (TPSA) is 72.9 Å². The van der Waals surface area contributed by atoms with E-state index in [-0.39, 0.29) is 22.8 Å². The second kappa shape index (κ2) is 8.92. The van der Waals surface area contributed by atoms with E-state index in [1.807, 2.05) is 0 Å². The molecule has 0 amide bonds. The standard InChI is InChI=1S/C21H24FNO5S/c1-15-9-11-23(12-10-15)29(25,26)18-6-4-17(5-7-18)21(24)28-14-16-3-8-20(27-2)19(22)13-16/h3-8,13,15H,9-12,14H2,1-2H3. The van der Waals surface area contributed by atoms with E-state index in [2.05, 4.69) is 6.92 Å². The van der Waals surface area contributed by atoms with Gasteiger partial charge >= 0.3 is 5.97 Å². The molecule has 0 aromatic heterocycles. The number of rotatable bonds is 6. The molecule has 29 heavy (non-hydrogen) atoms. The van der Waals surface area contributed by atoms with Crippen molar-refractivity contribution in [2.75, 3.05) is 20.2 Å². The van der Waals surface area contributed by atoms with E-state index in [1.165, 1.54) is 47.8 Å². The average molecular weight is 421 g/mol. The number of carbonyl (C=O) groups is 1. The van der Waals surface area contributed by atoms with Crippen LogP contribution in [0.25, 0.3) is 0 Å². The van der Waals surface area contributed by atoms with E-state index in [9.17, 15) is 17.6 Å². The molecule has 0 radical (unpaired) electrons. The summed E-state index contributed by atoms with van der Waals surface area (Å²) in [5.74, 6) is -0.516. The summed E-state index contributed by atoms with van der Waals surface area (Å²) in [6.07, 6.45) is 1.69. The Bertz CT molecular complexity index is 967. The normalized spacial score (nSPS) is 15.8. The third kappa shape index (κ3) is 4.94. The fourth-order valence-corrected chi connectivity index (χ4v) is 4.64. The molecule has 0 bridgehead atoms. The zero-order valence-electron chi connectivity index (χ0n) is 16.4. The maximum absolute atomic E-state index is 13.7. The van der Waals surface area contributed by atoms with Crippen molar-refractivity contribution in [3.63, 3.8) is 0 Å². The largest absolute Gasteiger partial charge is 0.494 e. The number of piperidine rings is 1. The highest BCUT2D eigenvalue weighted by molar-refractivity contribution is 7.89. The molecule has 6 nitrogen and oxygen atoms in total. The fraction of sp³-hybridized carbons (Fsp3) is 0.381. The molecule has 0 unspecified atom stereocenters. The number of benzene rings is 2. The maximum Gasteiger partial charge on any atom is 0.338 e. The number of halogens is 1. The van der Waals surface area contributed by atoms with Gasteiger partial charge in [0.2, 0.25) is 10.0 Å². The van der Waals surface area contributed by atoms with Crippen molar-refractivity contribution < 1.29 is 27.1 Å². The Morgan fingerprint density at radius 3 is 2.38 bits per heavy atom. The van der Waals surface area contributed by atoms with Gasteiger partial charge in [0.1, 0.15) is 6.61 Å². The molecule has 3 rings (SSSR count). The summed E-state index contributed by atoms with van der Waals surface area (Å²) in [6, 6.07) is 9.98. The van der Waals surface area contributed by atoms with Crippen molar-refractivity contribution in [1.29, 1.82) is 0 Å². The van der Waals surface area contributed by atoms with Crippen LogP contribution in [0, 0.1) is 11.7 Å². The molecule has 0 N–H and O–H groups in total. The molecule has 0 spiro atoms. The molecule has 2 aromatic carbocycles. The highest BCUT2D eigenvalue weighted by Crippen LogP contribution is 2.24. The number of hydrogen-bond acceptors (Lipinski definition) is 5. The summed E-state index contributed by atoms with van der Waals surface area (Å²) < 4.78 is 50.7. The first kappa shape index (κ1) is 21.3. The van der Waals surface area contributed by atoms with Crippen LogP contribution in [-0.2, 0) is 21.4 Å². The molecule has 2 aromatic rings. The Balaban J connectivity index is 1.63. The van der Waals surface area contributed by atoms with Crippen LogP contribution in [0.4, 0.5) is 4.39 Å². The number of ether oxygens (including phenoxy) is 2. The summed E-state index contributed by atoms with van der Waals surface area (Å²) in [5, 5.41) is 0. The maximum atomic E-state index is 13.7. The number of hydrogen-bond donors (Lipinski definition) is 0. The van der Waals surface area contributed by atoms with Gasteiger partial charge in [-0.2, -0.15) is 4.31 Å². The van der Waals surface area contributed by atoms with Gasteiger partial charge in [0.05, 0.1) is 17.6 Å². The van der Waals surface area contributed by atoms with Crippen molar-refractivity contribution in [1.82, 2.24) is 4.31 Å². The van der Waals surface area contributed by atoms with Crippen LogP contribution in [0.15, 0.2) is 47.4 Å². The quantitative estimate of drug-likeness (QED) is 0.667. The van der Waals surface area contributed by atoms with Crippen LogP contribution in [-0.4, -0.2) is 38.9 Å². The highest BCUT2D eigenvalue weighted by Gasteiger charge is 2.28. The highest BCUT2D eigenvalue weighted by atomic mass is 32.2. The van der Waals surface area contributed by atoms with Crippen LogP contribution >= 0.6 is 0 Å². The van der Waals surface area contributed by atoms with Crippen molar-refractivity contribution >= 4 is 16.0 Å². The van der Waals surface area contributed by atoms with Gasteiger partial charge in [0, 0.05) is 13.1 Å². The lowest BCUT2D eigenvalue weighted by Gasteiger charge is -2.29. The first-order chi connectivity index (χ1) is 13.8. The predicted octanol–water partition coefficient (Wildman–Crippen LogP) is 3.61. The third-order valence-electron chi connectivity index (χ3n) is 5.06. The minimum atomic E-state index is -3.57. The van der Waals surface area contributed by atoms with Crippen LogP contribution in [0.1, 0.15) is 35.7 Å². The Morgan fingerprint density at radius 1 is 1.14 bits per heavy atom. The van der Waals surface area contributed by atoms with Crippen molar-refractivity contribution in [2.24, 2.45) is 5.92 Å². The zero-order valence-corrected chi connectivity index (χ0v) is 17.2. The molecular formula is C21H24FNO5S. The number of esters is 1. The summed E-state index contributed by atoms with van der Waals surface area (Å²) >= 11 is 0. The van der Waals surface area contributed by atoms with Gasteiger partial charge in [-0.15, -0.1) is 0 Å². The number of carbonyl (C=O) groups excluding carboxylic acids is 1. The molecule has 0 atom stereocenters. The van der Waals surface area contributed by atoms with Crippen LogP contribution in [0.2, 0.25) is 0 Å². The number of nitrogens with zero attached hydrogens (tertiary/aromatic N) is 1. The predicted molar refractivity (Wildman–Crippen MR) is 106 cm³/mol. The van der Waals surface area contributed by atoms with E-state index in [0.29, 0.717) is 24.6 Å². The summed E-state index contributed by atoms with van der Waals surface area (Å²) in [4.78, 5) is 12.4. The minimum absolute atomic E-state index is 0.105. The van der Waals surface area contributed by atoms with E-state index in [0.717, 1.165) is 12.8 Å². The SMILES string of the molecule is COc1ccc(COC(=O)c2ccc(S(=O)(=O)N3CCC(C)CC3)cc2)cc1F. The molecule has 1 aliphatic rings. The Labute approximate surface area is 170 Å². The van der Waals surface area contributed by atoms with Gasteiger partial charge in [0.15, 0.2) is 11.6 Å². The van der Waals surface area contributed by atoms with Crippen LogP contribution in [0.3, 0.4) is 0 Å². The average Bonchev–Trinajstić information content (AvgIpc) is 2.72. The minimum Gasteiger partial charge on any atom is -0.494 e. The van der Waals surface area contributed by atoms with Crippen LogP contribution < -0.4 is 4.74 Å². The first-order valence-electron chi connectivity index (χ1n) is 9.41. The van der Waals surface area contributed by atoms with Gasteiger partial charge in [-0.05, 0) is 60.7 Å². The molecular weight excluding hydrogens is 397 g/mol. The zero-order chi connectivity index (χ0) is 21.0. The molecule has 1 heterocycles. The van der Waals surface area contributed by atoms with E-state index in [1.54, 1.807) is 6.07 Å². The van der Waals surface area contributed by atoms with Gasteiger partial charge in [-0.1, -0.05) is 13.0 Å². The number of sulfonamides is 1. The van der Waals surface area contributed by atoms with E-state index < -0.39 is 21.8 Å². The molecule has 0 saturated carbocycles. The van der Waals surface area contributed by atoms with Crippen molar-refractivity contribution in [3.8, 4) is 5.75 Å². The van der Waals surface area contributed by atoms with Crippen molar-refractivity contribution in [2.45, 2.75) is 31.3 Å². The summed E-state index contributed by atoms with van der Waals surface area (Å²) in [6.45, 7) is 3.02. The Morgan fingerprint density at radius 2 is 1.79 bits per heavy atom. The van der Waals surface area contributed by atoms with E-state index in [4.69, 9.17) is 9.47 Å². The molecule has 1 saturated heterocycles. The summed E-state index contributed by atoms with van der Waals surface area (Å²) in [7, 11) is -2.20. The second-order valence-electron chi connectivity index (χ2n) is 7.16. The molecule has 8 heteroatoms. The Kier molecular flexibility index (Phi) is 6.54. The molecule has 1 fully saturated rings. The monoisotopic (exact) mass is 421 g/mol. The van der Waals surface area contributed by atoms with E-state index >= 15 is 0 Å². The summed E-state index contributed by atoms with van der Waals surface area (Å²) in [5.41, 5.74) is 0.709. The molecule has 1 aliphatic heterocycles. The lowest BCUT2D eigenvalue weighted by Crippen LogP contribution is -2.37. The van der Waals surface area contributed by atoms with Gasteiger partial charge in [0.25, 0.3) is 0 Å². The van der Waals surface area contributed by atoms with Crippen molar-refractivity contribution in [3.05, 3.63) is 59.4 Å². The second-order valence-corrected chi connectivity index (χ2v) is 9.09. The lowest BCUT2D eigenvalue weighted by atomic mass is 10.0. The number of methoxy groups -OCH3 is 1. The smallest absolute Gasteiger partial charge is 0.338 e. The van der Waals surface area contributed by atoms with Crippen LogP contribution in [0.5, 0.6) is 5.75 Å². The lowest BCUT2D eigenvalue weighted by molar-refractivity contribution is 0.0472. The van der Waals surface area contributed by atoms with Gasteiger partial charge in [-0.3, -0.25) is 0 Å². The third-order valence-corrected chi connectivity index (χ3v) is 6.97. The molecule has 0 aliphatic carbocycles. The first-order valence-corrected chi connectivity index (χ1v) is 10.8. The van der Waals surface area contributed by atoms with Gasteiger partial charge < -0.3 is 9.47 Å². The fourth-order valence-electron chi connectivity index (χ4n) is 3.17. The van der Waals surface area contributed by atoms with Gasteiger partial charge in [-0.25, -0.2) is 17.6 Å².